The second kappa shape index (κ2) is 9.94. The smallest absolute Gasteiger partial charge is 0.319 e. The molecule has 0 saturated carbocycles. The van der Waals surface area contributed by atoms with Crippen LogP contribution in [-0.4, -0.2) is 30.6 Å². The summed E-state index contributed by atoms with van der Waals surface area (Å²) in [5, 5.41) is 18.7. The van der Waals surface area contributed by atoms with Gasteiger partial charge in [0, 0.05) is 12.2 Å². The first kappa shape index (κ1) is 19.9. The molecule has 140 valence electrons. The molecule has 3 N–H and O–H groups in total. The lowest BCUT2D eigenvalue weighted by atomic mass is 10.3. The van der Waals surface area contributed by atoms with Crippen molar-refractivity contribution in [3.05, 3.63) is 47.3 Å². The van der Waals surface area contributed by atoms with Crippen molar-refractivity contribution in [2.75, 3.05) is 17.2 Å². The quantitative estimate of drug-likeness (QED) is 0.632. The highest BCUT2D eigenvalue weighted by Crippen LogP contribution is 2.22. The van der Waals surface area contributed by atoms with Crippen LogP contribution in [0.25, 0.3) is 0 Å². The minimum absolute atomic E-state index is 0.0648. The summed E-state index contributed by atoms with van der Waals surface area (Å²) in [6.45, 7) is 1.50. The van der Waals surface area contributed by atoms with Gasteiger partial charge in [0.15, 0.2) is 6.10 Å². The lowest BCUT2D eigenvalue weighted by molar-refractivity contribution is -0.153. The van der Waals surface area contributed by atoms with Crippen LogP contribution in [-0.2, 0) is 14.3 Å². The molecule has 0 spiro atoms. The molecular weight excluding hydrogens is 368 g/mol. The van der Waals surface area contributed by atoms with Crippen LogP contribution in [0.2, 0.25) is 0 Å². The molecule has 1 atom stereocenters. The molecule has 2 aromatic rings. The van der Waals surface area contributed by atoms with E-state index in [1.807, 2.05) is 12.1 Å². The van der Waals surface area contributed by atoms with Gasteiger partial charge in [-0.25, -0.2) is 4.79 Å². The van der Waals surface area contributed by atoms with Crippen molar-refractivity contribution in [3.8, 4) is 6.07 Å². The molecule has 8 nitrogen and oxygen atoms in total. The number of nitrogens with one attached hydrogen (secondary N) is 3. The molecule has 9 heteroatoms. The zero-order valence-electron chi connectivity index (χ0n) is 14.5. The Morgan fingerprint density at radius 1 is 1.19 bits per heavy atom. The van der Waals surface area contributed by atoms with Gasteiger partial charge in [0.2, 0.25) is 0 Å². The summed E-state index contributed by atoms with van der Waals surface area (Å²) in [7, 11) is 0. The number of thiophene rings is 1. The van der Waals surface area contributed by atoms with Crippen LogP contribution >= 0.6 is 11.3 Å². The van der Waals surface area contributed by atoms with Gasteiger partial charge < -0.3 is 20.7 Å². The molecule has 0 bridgehead atoms. The molecule has 0 aliphatic carbocycles. The number of carbonyl (C=O) groups is 3. The van der Waals surface area contributed by atoms with Crippen LogP contribution in [0.1, 0.15) is 18.9 Å². The molecule has 0 radical (unpaired) electrons. The van der Waals surface area contributed by atoms with E-state index in [0.29, 0.717) is 16.3 Å². The van der Waals surface area contributed by atoms with Crippen LogP contribution < -0.4 is 16.0 Å². The summed E-state index contributed by atoms with van der Waals surface area (Å²) in [4.78, 5) is 35.5. The number of esters is 1. The summed E-state index contributed by atoms with van der Waals surface area (Å²) < 4.78 is 5.03. The molecule has 1 heterocycles. The first-order chi connectivity index (χ1) is 13.0. The first-order valence-corrected chi connectivity index (χ1v) is 8.95. The molecule has 0 fully saturated rings. The van der Waals surface area contributed by atoms with E-state index in [4.69, 9.17) is 10.00 Å². The minimum atomic E-state index is -1.02. The maximum absolute atomic E-state index is 12.0. The summed E-state index contributed by atoms with van der Waals surface area (Å²) in [6.07, 6.45) is -1.10. The first-order valence-electron chi connectivity index (χ1n) is 8.07. The molecule has 0 aliphatic rings. The predicted octanol–water partition coefficient (Wildman–Crippen LogP) is 2.70. The minimum Gasteiger partial charge on any atom is -0.452 e. The van der Waals surface area contributed by atoms with E-state index in [-0.39, 0.29) is 13.0 Å². The standard InChI is InChI=1S/C18H18N4O4S/c1-12(16(24)22-17-13(11-19)8-10-27-17)26-15(23)7-9-20-18(25)21-14-5-3-2-4-6-14/h2-6,8,10,12H,7,9H2,1H3,(H,22,24)(H2,20,21,25)/t12-/m1/s1. The number of nitrogens with zero attached hydrogens (tertiary/aromatic N) is 1. The van der Waals surface area contributed by atoms with Crippen LogP contribution in [0.15, 0.2) is 41.8 Å². The number of benzene rings is 1. The lowest BCUT2D eigenvalue weighted by Crippen LogP contribution is -2.33. The number of nitriles is 1. The van der Waals surface area contributed by atoms with E-state index >= 15 is 0 Å². The number of hydrogen-bond donors (Lipinski definition) is 3. The largest absolute Gasteiger partial charge is 0.452 e. The number of para-hydroxylation sites is 1. The number of urea groups is 1. The van der Waals surface area contributed by atoms with Gasteiger partial charge in [0.05, 0.1) is 12.0 Å². The van der Waals surface area contributed by atoms with Gasteiger partial charge in [-0.1, -0.05) is 18.2 Å². The summed E-state index contributed by atoms with van der Waals surface area (Å²) >= 11 is 1.21. The Balaban J connectivity index is 1.69. The van der Waals surface area contributed by atoms with Crippen molar-refractivity contribution in [1.29, 1.82) is 5.26 Å². The van der Waals surface area contributed by atoms with E-state index < -0.39 is 24.0 Å². The molecule has 1 aromatic heterocycles. The van der Waals surface area contributed by atoms with E-state index in [1.54, 1.807) is 35.7 Å². The Bertz CT molecular complexity index is 845. The Kier molecular flexibility index (Phi) is 7.34. The highest BCUT2D eigenvalue weighted by atomic mass is 32.1. The monoisotopic (exact) mass is 386 g/mol. The third-order valence-corrected chi connectivity index (χ3v) is 4.18. The number of hydrogen-bond acceptors (Lipinski definition) is 6. The predicted molar refractivity (Wildman–Crippen MR) is 101 cm³/mol. The molecule has 3 amide bonds. The number of rotatable bonds is 7. The van der Waals surface area contributed by atoms with Crippen molar-refractivity contribution in [2.45, 2.75) is 19.4 Å². The van der Waals surface area contributed by atoms with Crippen LogP contribution in [0.3, 0.4) is 0 Å². The van der Waals surface area contributed by atoms with Crippen LogP contribution in [0.4, 0.5) is 15.5 Å². The molecule has 0 aliphatic heterocycles. The van der Waals surface area contributed by atoms with Gasteiger partial charge in [0.25, 0.3) is 5.91 Å². The molecule has 2 rings (SSSR count). The van der Waals surface area contributed by atoms with E-state index in [1.165, 1.54) is 18.3 Å². The fourth-order valence-electron chi connectivity index (χ4n) is 1.99. The Labute approximate surface area is 160 Å². The van der Waals surface area contributed by atoms with Gasteiger partial charge in [-0.2, -0.15) is 5.26 Å². The van der Waals surface area contributed by atoms with E-state index in [2.05, 4.69) is 16.0 Å². The molecule has 1 aromatic carbocycles. The van der Waals surface area contributed by atoms with Crippen molar-refractivity contribution >= 4 is 39.9 Å². The normalized spacial score (nSPS) is 11.0. The highest BCUT2D eigenvalue weighted by Gasteiger charge is 2.19. The topological polar surface area (TPSA) is 120 Å². The fourth-order valence-corrected chi connectivity index (χ4v) is 2.73. The van der Waals surface area contributed by atoms with Crippen molar-refractivity contribution < 1.29 is 19.1 Å². The summed E-state index contributed by atoms with van der Waals surface area (Å²) in [6, 6.07) is 12.0. The zero-order chi connectivity index (χ0) is 19.6. The second-order valence-electron chi connectivity index (χ2n) is 5.39. The Hall–Kier alpha value is -3.38. The fraction of sp³-hybridized carbons (Fsp3) is 0.222. The van der Waals surface area contributed by atoms with Crippen molar-refractivity contribution in [1.82, 2.24) is 5.32 Å². The van der Waals surface area contributed by atoms with Gasteiger partial charge in [-0.05, 0) is 30.5 Å². The average Bonchev–Trinajstić information content (AvgIpc) is 3.09. The van der Waals surface area contributed by atoms with Crippen molar-refractivity contribution in [3.63, 3.8) is 0 Å². The Morgan fingerprint density at radius 2 is 1.93 bits per heavy atom. The number of carbonyl (C=O) groups excluding carboxylic acids is 3. The number of amides is 3. The second-order valence-corrected chi connectivity index (χ2v) is 6.31. The molecule has 0 unspecified atom stereocenters. The summed E-state index contributed by atoms with van der Waals surface area (Å²) in [5.41, 5.74) is 0.980. The maximum Gasteiger partial charge on any atom is 0.319 e. The van der Waals surface area contributed by atoms with Gasteiger partial charge in [-0.15, -0.1) is 11.3 Å². The lowest BCUT2D eigenvalue weighted by Gasteiger charge is -2.13. The molecule has 0 saturated heterocycles. The maximum atomic E-state index is 12.0. The third-order valence-electron chi connectivity index (χ3n) is 3.35. The zero-order valence-corrected chi connectivity index (χ0v) is 15.3. The SMILES string of the molecule is C[C@@H](OC(=O)CCNC(=O)Nc1ccccc1)C(=O)Nc1sccc1C#N. The van der Waals surface area contributed by atoms with E-state index in [0.717, 1.165) is 0 Å². The van der Waals surface area contributed by atoms with E-state index in [9.17, 15) is 14.4 Å². The summed E-state index contributed by atoms with van der Waals surface area (Å²) in [5.74, 6) is -1.15. The van der Waals surface area contributed by atoms with Crippen LogP contribution in [0, 0.1) is 11.3 Å². The molecule has 27 heavy (non-hydrogen) atoms. The third kappa shape index (κ3) is 6.45. The van der Waals surface area contributed by atoms with Gasteiger partial charge in [-0.3, -0.25) is 9.59 Å². The van der Waals surface area contributed by atoms with Crippen LogP contribution in [0.5, 0.6) is 0 Å². The van der Waals surface area contributed by atoms with Gasteiger partial charge >= 0.3 is 12.0 Å². The van der Waals surface area contributed by atoms with Gasteiger partial charge in [0.1, 0.15) is 11.1 Å². The number of anilines is 2. The highest BCUT2D eigenvalue weighted by molar-refractivity contribution is 7.14. The molecular formula is C18H18N4O4S. The van der Waals surface area contributed by atoms with Crippen molar-refractivity contribution in [2.24, 2.45) is 0 Å². The Morgan fingerprint density at radius 3 is 2.63 bits per heavy atom. The average molecular weight is 386 g/mol. The number of ether oxygens (including phenoxy) is 1.